The minimum atomic E-state index is -1.15. The molecule has 0 spiro atoms. The van der Waals surface area contributed by atoms with Crippen molar-refractivity contribution in [2.75, 3.05) is 33.5 Å². The molecular weight excluding hydrogens is 212 g/mol. The van der Waals surface area contributed by atoms with Crippen LogP contribution in [0.5, 0.6) is 0 Å². The van der Waals surface area contributed by atoms with Gasteiger partial charge >= 0.3 is 5.97 Å². The van der Waals surface area contributed by atoms with E-state index in [1.165, 1.54) is 13.8 Å². The molecule has 0 aliphatic heterocycles. The van der Waals surface area contributed by atoms with Crippen LogP contribution in [0.1, 0.15) is 20.8 Å². The Morgan fingerprint density at radius 3 is 2.31 bits per heavy atom. The Hall–Kier alpha value is -0.940. The molecule has 0 radical (unpaired) electrons. The van der Waals surface area contributed by atoms with Gasteiger partial charge in [0.05, 0.1) is 19.8 Å². The first-order valence-electron chi connectivity index (χ1n) is 5.24. The summed E-state index contributed by atoms with van der Waals surface area (Å²) < 4.78 is 14.7. The number of hydrogen-bond donors (Lipinski definition) is 0. The predicted molar refractivity (Wildman–Crippen MR) is 58.1 cm³/mol. The molecule has 0 fully saturated rings. The van der Waals surface area contributed by atoms with E-state index in [9.17, 15) is 9.59 Å². The molecule has 0 unspecified atom stereocenters. The average molecular weight is 232 g/mol. The minimum absolute atomic E-state index is 0.102. The van der Waals surface area contributed by atoms with E-state index in [1.807, 2.05) is 0 Å². The molecule has 0 N–H and O–H groups in total. The second kappa shape index (κ2) is 7.35. The first-order valence-corrected chi connectivity index (χ1v) is 5.24. The van der Waals surface area contributed by atoms with Gasteiger partial charge in [0.2, 0.25) is 0 Å². The zero-order valence-electron chi connectivity index (χ0n) is 10.4. The van der Waals surface area contributed by atoms with E-state index >= 15 is 0 Å². The smallest absolute Gasteiger partial charge is 0.319 e. The van der Waals surface area contributed by atoms with Crippen LogP contribution in [0, 0.1) is 5.41 Å². The maximum absolute atomic E-state index is 11.7. The topological polar surface area (TPSA) is 61.8 Å². The molecule has 0 aliphatic carbocycles. The molecule has 0 bridgehead atoms. The Morgan fingerprint density at radius 2 is 1.81 bits per heavy atom. The quantitative estimate of drug-likeness (QED) is 0.352. The third-order valence-corrected chi connectivity index (χ3v) is 2.15. The summed E-state index contributed by atoms with van der Waals surface area (Å²) in [5.41, 5.74) is -1.15. The highest BCUT2D eigenvalue weighted by Crippen LogP contribution is 2.18. The van der Waals surface area contributed by atoms with Crippen molar-refractivity contribution in [3.05, 3.63) is 0 Å². The number of esters is 1. The van der Waals surface area contributed by atoms with Gasteiger partial charge in [-0.3, -0.25) is 9.59 Å². The summed E-state index contributed by atoms with van der Waals surface area (Å²) in [6.45, 7) is 5.69. The van der Waals surface area contributed by atoms with Crippen LogP contribution in [-0.2, 0) is 23.8 Å². The number of carbonyl (C=O) groups is 2. The average Bonchev–Trinajstić information content (AvgIpc) is 2.24. The lowest BCUT2D eigenvalue weighted by Crippen LogP contribution is -2.37. The van der Waals surface area contributed by atoms with Gasteiger partial charge in [-0.25, -0.2) is 0 Å². The molecule has 0 atom stereocenters. The maximum Gasteiger partial charge on any atom is 0.319 e. The molecule has 0 aromatic rings. The van der Waals surface area contributed by atoms with Crippen molar-refractivity contribution in [1.82, 2.24) is 0 Å². The van der Waals surface area contributed by atoms with Crippen molar-refractivity contribution in [2.45, 2.75) is 20.8 Å². The highest BCUT2D eigenvalue weighted by atomic mass is 16.5. The van der Waals surface area contributed by atoms with Crippen molar-refractivity contribution in [1.29, 1.82) is 0 Å². The SMILES string of the molecule is CCOC(=O)C(C)(C)C(=O)COCCOC. The molecule has 5 nitrogen and oxygen atoms in total. The molecule has 94 valence electrons. The lowest BCUT2D eigenvalue weighted by atomic mass is 9.88. The van der Waals surface area contributed by atoms with E-state index in [0.717, 1.165) is 0 Å². The number of hydrogen-bond acceptors (Lipinski definition) is 5. The molecule has 0 aliphatic rings. The van der Waals surface area contributed by atoms with Crippen LogP contribution in [-0.4, -0.2) is 45.3 Å². The van der Waals surface area contributed by atoms with Crippen LogP contribution < -0.4 is 0 Å². The van der Waals surface area contributed by atoms with Gasteiger partial charge in [-0.15, -0.1) is 0 Å². The van der Waals surface area contributed by atoms with Gasteiger partial charge in [0.1, 0.15) is 12.0 Å². The number of Topliss-reactive ketones (excluding diaryl/α,β-unsaturated/α-hetero) is 1. The molecule has 0 aromatic carbocycles. The molecule has 0 aromatic heterocycles. The first-order chi connectivity index (χ1) is 7.46. The minimum Gasteiger partial charge on any atom is -0.465 e. The highest BCUT2D eigenvalue weighted by molar-refractivity contribution is 6.03. The summed E-state index contributed by atoms with van der Waals surface area (Å²) in [5, 5.41) is 0. The summed E-state index contributed by atoms with van der Waals surface area (Å²) >= 11 is 0. The largest absolute Gasteiger partial charge is 0.465 e. The first kappa shape index (κ1) is 15.1. The third-order valence-electron chi connectivity index (χ3n) is 2.15. The molecule has 0 saturated heterocycles. The van der Waals surface area contributed by atoms with Crippen LogP contribution in [0.15, 0.2) is 0 Å². The summed E-state index contributed by atoms with van der Waals surface area (Å²) in [5.74, 6) is -0.808. The van der Waals surface area contributed by atoms with E-state index in [-0.39, 0.29) is 19.0 Å². The van der Waals surface area contributed by atoms with Gasteiger partial charge in [-0.05, 0) is 20.8 Å². The van der Waals surface area contributed by atoms with Crippen LogP contribution >= 0.6 is 0 Å². The monoisotopic (exact) mass is 232 g/mol. The van der Waals surface area contributed by atoms with Gasteiger partial charge in [-0.1, -0.05) is 0 Å². The van der Waals surface area contributed by atoms with Crippen molar-refractivity contribution in [3.63, 3.8) is 0 Å². The van der Waals surface area contributed by atoms with E-state index in [0.29, 0.717) is 13.2 Å². The molecule has 16 heavy (non-hydrogen) atoms. The number of rotatable bonds is 8. The zero-order valence-corrected chi connectivity index (χ0v) is 10.4. The standard InChI is InChI=1S/C11H20O5/c1-5-16-10(13)11(2,3)9(12)8-15-7-6-14-4/h5-8H2,1-4H3. The van der Waals surface area contributed by atoms with Gasteiger partial charge in [0.25, 0.3) is 0 Å². The predicted octanol–water partition coefficient (Wildman–Crippen LogP) is 0.808. The Morgan fingerprint density at radius 1 is 1.19 bits per heavy atom. The molecule has 0 heterocycles. The Labute approximate surface area is 96.1 Å². The fourth-order valence-corrected chi connectivity index (χ4v) is 0.913. The Bertz CT molecular complexity index is 235. The lowest BCUT2D eigenvalue weighted by Gasteiger charge is -2.20. The Balaban J connectivity index is 4.08. The molecule has 0 amide bonds. The molecule has 0 rings (SSSR count). The second-order valence-electron chi connectivity index (χ2n) is 3.81. The van der Waals surface area contributed by atoms with Gasteiger partial charge < -0.3 is 14.2 Å². The summed E-state index contributed by atoms with van der Waals surface area (Å²) in [6, 6.07) is 0. The van der Waals surface area contributed by atoms with E-state index in [2.05, 4.69) is 0 Å². The molecular formula is C11H20O5. The van der Waals surface area contributed by atoms with Crippen molar-refractivity contribution >= 4 is 11.8 Å². The fraction of sp³-hybridized carbons (Fsp3) is 0.818. The van der Waals surface area contributed by atoms with Gasteiger partial charge in [-0.2, -0.15) is 0 Å². The second-order valence-corrected chi connectivity index (χ2v) is 3.81. The normalized spacial score (nSPS) is 11.2. The van der Waals surface area contributed by atoms with Crippen molar-refractivity contribution in [2.24, 2.45) is 5.41 Å². The van der Waals surface area contributed by atoms with E-state index < -0.39 is 11.4 Å². The summed E-state index contributed by atoms with van der Waals surface area (Å²) in [6.07, 6.45) is 0. The summed E-state index contributed by atoms with van der Waals surface area (Å²) in [7, 11) is 1.55. The van der Waals surface area contributed by atoms with Crippen LogP contribution in [0.3, 0.4) is 0 Å². The number of ketones is 1. The molecule has 0 saturated carbocycles. The van der Waals surface area contributed by atoms with Crippen molar-refractivity contribution in [3.8, 4) is 0 Å². The lowest BCUT2D eigenvalue weighted by molar-refractivity contribution is -0.159. The molecule has 5 heteroatoms. The maximum atomic E-state index is 11.7. The number of carbonyl (C=O) groups excluding carboxylic acids is 2. The summed E-state index contributed by atoms with van der Waals surface area (Å²) in [4.78, 5) is 23.1. The van der Waals surface area contributed by atoms with E-state index in [1.54, 1.807) is 14.0 Å². The van der Waals surface area contributed by atoms with E-state index in [4.69, 9.17) is 14.2 Å². The van der Waals surface area contributed by atoms with Gasteiger partial charge in [0.15, 0.2) is 5.78 Å². The van der Waals surface area contributed by atoms with Crippen LogP contribution in [0.4, 0.5) is 0 Å². The fourth-order valence-electron chi connectivity index (χ4n) is 0.913. The third kappa shape index (κ3) is 4.72. The highest BCUT2D eigenvalue weighted by Gasteiger charge is 2.37. The van der Waals surface area contributed by atoms with Crippen molar-refractivity contribution < 1.29 is 23.8 Å². The van der Waals surface area contributed by atoms with Gasteiger partial charge in [0, 0.05) is 7.11 Å². The zero-order chi connectivity index (χ0) is 12.6. The number of ether oxygens (including phenoxy) is 3. The van der Waals surface area contributed by atoms with Crippen LogP contribution in [0.25, 0.3) is 0 Å². The Kier molecular flexibility index (Phi) is 6.92. The number of methoxy groups -OCH3 is 1. The van der Waals surface area contributed by atoms with Crippen LogP contribution in [0.2, 0.25) is 0 Å².